The van der Waals surface area contributed by atoms with Gasteiger partial charge in [-0.3, -0.25) is 19.3 Å². The lowest BCUT2D eigenvalue weighted by molar-refractivity contribution is -0.146. The van der Waals surface area contributed by atoms with E-state index in [9.17, 15) is 14.4 Å². The summed E-state index contributed by atoms with van der Waals surface area (Å²) in [4.78, 5) is 37.0. The topological polar surface area (TPSA) is 77.9 Å². The van der Waals surface area contributed by atoms with E-state index in [-0.39, 0.29) is 26.1 Å². The van der Waals surface area contributed by atoms with Crippen LogP contribution in [0.3, 0.4) is 0 Å². The summed E-state index contributed by atoms with van der Waals surface area (Å²) >= 11 is 5.79. The van der Waals surface area contributed by atoms with Crippen molar-refractivity contribution in [3.63, 3.8) is 0 Å². The molecule has 0 aromatic heterocycles. The van der Waals surface area contributed by atoms with Crippen molar-refractivity contribution in [2.75, 3.05) is 24.5 Å². The van der Waals surface area contributed by atoms with Crippen LogP contribution in [0.25, 0.3) is 0 Å². The van der Waals surface area contributed by atoms with E-state index in [1.807, 2.05) is 0 Å². The van der Waals surface area contributed by atoms with Gasteiger partial charge in [0.15, 0.2) is 0 Å². The van der Waals surface area contributed by atoms with Crippen LogP contribution in [0.4, 0.5) is 5.69 Å². The van der Waals surface area contributed by atoms with Crippen LogP contribution in [0, 0.1) is 0 Å². The number of imide groups is 1. The summed E-state index contributed by atoms with van der Waals surface area (Å²) in [6, 6.07) is 6.83. The van der Waals surface area contributed by atoms with Crippen molar-refractivity contribution in [1.29, 1.82) is 0 Å². The fourth-order valence-electron chi connectivity index (χ4n) is 1.98. The maximum Gasteiger partial charge on any atom is 0.305 e. The third-order valence-electron chi connectivity index (χ3n) is 3.00. The number of hydrogen-bond donors (Lipinski definition) is 1. The van der Waals surface area contributed by atoms with Gasteiger partial charge in [-0.25, -0.2) is 0 Å². The zero-order valence-corrected chi connectivity index (χ0v) is 11.3. The molecule has 1 heterocycles. The van der Waals surface area contributed by atoms with E-state index < -0.39 is 17.8 Å². The van der Waals surface area contributed by atoms with E-state index in [0.29, 0.717) is 5.02 Å². The maximum atomic E-state index is 11.9. The molecule has 1 aromatic rings. The van der Waals surface area contributed by atoms with E-state index in [2.05, 4.69) is 0 Å². The smallest absolute Gasteiger partial charge is 0.305 e. The molecule has 0 unspecified atom stereocenters. The molecule has 7 heteroatoms. The minimum Gasteiger partial charge on any atom is -0.481 e. The Kier molecular flexibility index (Phi) is 4.24. The molecule has 1 aliphatic rings. The number of halogens is 1. The van der Waals surface area contributed by atoms with Gasteiger partial charge in [-0.2, -0.15) is 0 Å². The third kappa shape index (κ3) is 3.27. The fraction of sp³-hybridized carbons (Fsp3) is 0.308. The van der Waals surface area contributed by atoms with Gasteiger partial charge in [-0.15, -0.1) is 0 Å². The summed E-state index contributed by atoms with van der Waals surface area (Å²) in [5.41, 5.74) is 0.731. The first-order valence-electron chi connectivity index (χ1n) is 6.03. The zero-order chi connectivity index (χ0) is 14.7. The molecule has 0 atom stereocenters. The highest BCUT2D eigenvalue weighted by Gasteiger charge is 2.31. The molecule has 20 heavy (non-hydrogen) atoms. The average molecular weight is 297 g/mol. The minimum absolute atomic E-state index is 0.0486. The fourth-order valence-corrected chi connectivity index (χ4v) is 2.11. The second kappa shape index (κ2) is 5.92. The van der Waals surface area contributed by atoms with Gasteiger partial charge >= 0.3 is 5.97 Å². The SMILES string of the molecule is O=C(O)CCN1C(=O)CN(c2ccc(Cl)cc2)CC1=O. The number of piperazine rings is 1. The molecular formula is C13H13ClN2O4. The van der Waals surface area contributed by atoms with Gasteiger partial charge in [0, 0.05) is 17.3 Å². The Morgan fingerprint density at radius 3 is 2.20 bits per heavy atom. The molecule has 106 valence electrons. The number of benzene rings is 1. The number of rotatable bonds is 4. The van der Waals surface area contributed by atoms with E-state index in [0.717, 1.165) is 10.6 Å². The number of nitrogens with zero attached hydrogens (tertiary/aromatic N) is 2. The molecule has 1 aromatic carbocycles. The summed E-state index contributed by atoms with van der Waals surface area (Å²) < 4.78 is 0. The van der Waals surface area contributed by atoms with E-state index in [1.165, 1.54) is 0 Å². The van der Waals surface area contributed by atoms with Crippen LogP contribution in [0.2, 0.25) is 5.02 Å². The van der Waals surface area contributed by atoms with Crippen molar-refractivity contribution in [3.05, 3.63) is 29.3 Å². The van der Waals surface area contributed by atoms with Gasteiger partial charge in [0.2, 0.25) is 11.8 Å². The number of hydrogen-bond acceptors (Lipinski definition) is 4. The molecule has 2 rings (SSSR count). The largest absolute Gasteiger partial charge is 0.481 e. The van der Waals surface area contributed by atoms with E-state index in [4.69, 9.17) is 16.7 Å². The molecule has 0 spiro atoms. The van der Waals surface area contributed by atoms with Gasteiger partial charge in [0.1, 0.15) is 0 Å². The molecular weight excluding hydrogens is 284 g/mol. The Hall–Kier alpha value is -2.08. The van der Waals surface area contributed by atoms with Gasteiger partial charge in [0.05, 0.1) is 19.5 Å². The normalized spacial score (nSPS) is 15.7. The molecule has 0 radical (unpaired) electrons. The predicted molar refractivity (Wildman–Crippen MR) is 72.6 cm³/mol. The number of carbonyl (C=O) groups is 3. The van der Waals surface area contributed by atoms with E-state index in [1.54, 1.807) is 29.2 Å². The Morgan fingerprint density at radius 1 is 1.15 bits per heavy atom. The molecule has 1 saturated heterocycles. The first-order valence-corrected chi connectivity index (χ1v) is 6.40. The molecule has 0 aliphatic carbocycles. The second-order valence-electron chi connectivity index (χ2n) is 4.42. The van der Waals surface area contributed by atoms with Crippen LogP contribution in [0.5, 0.6) is 0 Å². The number of carbonyl (C=O) groups excluding carboxylic acids is 2. The Bertz CT molecular complexity index is 526. The minimum atomic E-state index is -1.04. The number of anilines is 1. The van der Waals surface area contributed by atoms with E-state index >= 15 is 0 Å². The first kappa shape index (κ1) is 14.3. The number of amides is 2. The van der Waals surface area contributed by atoms with Crippen LogP contribution in [-0.2, 0) is 14.4 Å². The summed E-state index contributed by atoms with van der Waals surface area (Å²) in [6.07, 6.45) is -0.238. The van der Waals surface area contributed by atoms with Crippen molar-refractivity contribution in [2.24, 2.45) is 0 Å². The predicted octanol–water partition coefficient (Wildman–Crippen LogP) is 0.990. The lowest BCUT2D eigenvalue weighted by Gasteiger charge is -2.33. The zero-order valence-electron chi connectivity index (χ0n) is 10.6. The standard InChI is InChI=1S/C13H13ClN2O4/c14-9-1-3-10(4-2-9)15-7-11(17)16(12(18)8-15)6-5-13(19)20/h1-4H,5-8H2,(H,19,20). The maximum absolute atomic E-state index is 11.9. The van der Waals surface area contributed by atoms with Crippen LogP contribution >= 0.6 is 11.6 Å². The van der Waals surface area contributed by atoms with Crippen molar-refractivity contribution < 1.29 is 19.5 Å². The van der Waals surface area contributed by atoms with Gasteiger partial charge in [0.25, 0.3) is 0 Å². The second-order valence-corrected chi connectivity index (χ2v) is 4.85. The highest BCUT2D eigenvalue weighted by Crippen LogP contribution is 2.20. The summed E-state index contributed by atoms with van der Waals surface area (Å²) in [5, 5.41) is 9.18. The van der Waals surface area contributed by atoms with Crippen molar-refractivity contribution in [1.82, 2.24) is 4.90 Å². The molecule has 1 fully saturated rings. The highest BCUT2D eigenvalue weighted by molar-refractivity contribution is 6.30. The molecule has 0 saturated carbocycles. The third-order valence-corrected chi connectivity index (χ3v) is 3.25. The Morgan fingerprint density at radius 2 is 1.70 bits per heavy atom. The van der Waals surface area contributed by atoms with Gasteiger partial charge in [-0.05, 0) is 24.3 Å². The Balaban J connectivity index is 2.05. The van der Waals surface area contributed by atoms with Crippen molar-refractivity contribution in [2.45, 2.75) is 6.42 Å². The molecule has 1 N–H and O–H groups in total. The quantitative estimate of drug-likeness (QED) is 0.838. The average Bonchev–Trinajstić information content (AvgIpc) is 2.38. The van der Waals surface area contributed by atoms with Crippen LogP contribution in [0.15, 0.2) is 24.3 Å². The van der Waals surface area contributed by atoms with Crippen molar-refractivity contribution >= 4 is 35.1 Å². The van der Waals surface area contributed by atoms with Gasteiger partial charge in [-0.1, -0.05) is 11.6 Å². The number of carboxylic acids is 1. The number of aliphatic carboxylic acids is 1. The lowest BCUT2D eigenvalue weighted by Crippen LogP contribution is -2.54. The molecule has 1 aliphatic heterocycles. The lowest BCUT2D eigenvalue weighted by atomic mass is 10.2. The Labute approximate surface area is 120 Å². The van der Waals surface area contributed by atoms with Crippen LogP contribution < -0.4 is 4.90 Å². The van der Waals surface area contributed by atoms with Crippen molar-refractivity contribution in [3.8, 4) is 0 Å². The molecule has 6 nitrogen and oxygen atoms in total. The molecule has 2 amide bonds. The molecule has 0 bridgehead atoms. The summed E-state index contributed by atoms with van der Waals surface area (Å²) in [6.45, 7) is 0.0153. The van der Waals surface area contributed by atoms with Gasteiger partial charge < -0.3 is 10.0 Å². The summed E-state index contributed by atoms with van der Waals surface area (Å²) in [7, 11) is 0. The number of carboxylic acid groups (broad SMARTS) is 1. The summed E-state index contributed by atoms with van der Waals surface area (Å²) in [5.74, 6) is -1.82. The van der Waals surface area contributed by atoms with Crippen LogP contribution in [-0.4, -0.2) is 47.4 Å². The van der Waals surface area contributed by atoms with Crippen LogP contribution in [0.1, 0.15) is 6.42 Å². The highest BCUT2D eigenvalue weighted by atomic mass is 35.5. The first-order chi connectivity index (χ1) is 9.47. The monoisotopic (exact) mass is 296 g/mol.